The fourth-order valence-corrected chi connectivity index (χ4v) is 3.60. The van der Waals surface area contributed by atoms with Gasteiger partial charge in [0.25, 0.3) is 5.91 Å². The Morgan fingerprint density at radius 3 is 2.32 bits per heavy atom. The van der Waals surface area contributed by atoms with E-state index in [1.54, 1.807) is 11.0 Å². The van der Waals surface area contributed by atoms with Crippen LogP contribution in [0.2, 0.25) is 0 Å². The number of furan rings is 1. The van der Waals surface area contributed by atoms with Gasteiger partial charge in [0, 0.05) is 33.2 Å². The summed E-state index contributed by atoms with van der Waals surface area (Å²) in [5.41, 5.74) is 1.76. The second-order valence-electron chi connectivity index (χ2n) is 7.49. The van der Waals surface area contributed by atoms with E-state index in [0.29, 0.717) is 44.0 Å². The number of likely N-dealkylation sites (N-methyl/N-ethyl adjacent to an activating group) is 1. The third-order valence-electron chi connectivity index (χ3n) is 5.55. The van der Waals surface area contributed by atoms with E-state index >= 15 is 0 Å². The first-order chi connectivity index (χ1) is 13.4. The van der Waals surface area contributed by atoms with E-state index in [9.17, 15) is 9.59 Å². The van der Waals surface area contributed by atoms with Crippen LogP contribution in [-0.2, 0) is 4.79 Å². The molecule has 150 valence electrons. The minimum absolute atomic E-state index is 0.00939. The molecule has 0 saturated carbocycles. The lowest BCUT2D eigenvalue weighted by Crippen LogP contribution is -2.51. The fraction of sp³-hybridized carbons (Fsp3) is 0.455. The average molecular weight is 383 g/mol. The van der Waals surface area contributed by atoms with Crippen LogP contribution in [0.5, 0.6) is 0 Å². The summed E-state index contributed by atoms with van der Waals surface area (Å²) in [6, 6.07) is 11.9. The Hall–Kier alpha value is -2.60. The molecule has 6 nitrogen and oxygen atoms in total. The molecule has 0 spiro atoms. The third kappa shape index (κ3) is 4.44. The van der Waals surface area contributed by atoms with Crippen molar-refractivity contribution < 1.29 is 14.0 Å². The van der Waals surface area contributed by atoms with Crippen LogP contribution in [0.15, 0.2) is 40.8 Å². The van der Waals surface area contributed by atoms with Gasteiger partial charge in [0.1, 0.15) is 11.5 Å². The summed E-state index contributed by atoms with van der Waals surface area (Å²) in [5.74, 6) is 1.52. The molecule has 1 unspecified atom stereocenters. The smallest absolute Gasteiger partial charge is 0.257 e. The first-order valence-corrected chi connectivity index (χ1v) is 9.76. The molecule has 2 aromatic rings. The predicted molar refractivity (Wildman–Crippen MR) is 108 cm³/mol. The molecule has 3 rings (SSSR count). The summed E-state index contributed by atoms with van der Waals surface area (Å²) >= 11 is 0. The van der Waals surface area contributed by atoms with Gasteiger partial charge in [0.05, 0.1) is 18.2 Å². The van der Waals surface area contributed by atoms with Crippen LogP contribution in [0.1, 0.15) is 40.4 Å². The fourth-order valence-electron chi connectivity index (χ4n) is 3.60. The van der Waals surface area contributed by atoms with E-state index in [4.69, 9.17) is 4.42 Å². The quantitative estimate of drug-likeness (QED) is 0.797. The summed E-state index contributed by atoms with van der Waals surface area (Å²) < 4.78 is 5.48. The van der Waals surface area contributed by atoms with Crippen molar-refractivity contribution in [1.29, 1.82) is 0 Å². The molecule has 28 heavy (non-hydrogen) atoms. The number of nitrogens with zero attached hydrogens (tertiary/aromatic N) is 3. The van der Waals surface area contributed by atoms with Gasteiger partial charge in [0.15, 0.2) is 0 Å². The van der Waals surface area contributed by atoms with Gasteiger partial charge in [-0.05, 0) is 32.4 Å². The molecule has 1 aliphatic rings. The number of hydrogen-bond donors (Lipinski definition) is 0. The second-order valence-corrected chi connectivity index (χ2v) is 7.49. The van der Waals surface area contributed by atoms with Crippen LogP contribution in [-0.4, -0.2) is 66.3 Å². The van der Waals surface area contributed by atoms with Crippen molar-refractivity contribution in [3.63, 3.8) is 0 Å². The Balaban J connectivity index is 1.52. The third-order valence-corrected chi connectivity index (χ3v) is 5.55. The number of rotatable bonds is 5. The molecule has 1 aromatic carbocycles. The zero-order valence-corrected chi connectivity index (χ0v) is 17.1. The highest BCUT2D eigenvalue weighted by molar-refractivity contribution is 5.95. The molecule has 0 N–H and O–H groups in total. The molecular formula is C22H29N3O3. The SMILES string of the molecule is Cc1cc(C(=O)N2CCN(CC(=O)N(C)C(C)c3ccccc3)CC2)c(C)o1. The van der Waals surface area contributed by atoms with Crippen molar-refractivity contribution in [2.24, 2.45) is 0 Å². The Morgan fingerprint density at radius 1 is 1.11 bits per heavy atom. The van der Waals surface area contributed by atoms with Crippen molar-refractivity contribution >= 4 is 11.8 Å². The summed E-state index contributed by atoms with van der Waals surface area (Å²) in [5, 5.41) is 0. The van der Waals surface area contributed by atoms with Gasteiger partial charge < -0.3 is 14.2 Å². The van der Waals surface area contributed by atoms with E-state index in [-0.39, 0.29) is 17.9 Å². The highest BCUT2D eigenvalue weighted by Crippen LogP contribution is 2.19. The van der Waals surface area contributed by atoms with Gasteiger partial charge in [-0.2, -0.15) is 0 Å². The van der Waals surface area contributed by atoms with Crippen molar-refractivity contribution in [1.82, 2.24) is 14.7 Å². The summed E-state index contributed by atoms with van der Waals surface area (Å²) in [6.07, 6.45) is 0. The van der Waals surface area contributed by atoms with Gasteiger partial charge in [-0.25, -0.2) is 0 Å². The van der Waals surface area contributed by atoms with Gasteiger partial charge in [-0.1, -0.05) is 30.3 Å². The molecule has 2 heterocycles. The number of benzene rings is 1. The highest BCUT2D eigenvalue weighted by atomic mass is 16.3. The molecule has 1 atom stereocenters. The lowest BCUT2D eigenvalue weighted by molar-refractivity contribution is -0.133. The van der Waals surface area contributed by atoms with Gasteiger partial charge in [-0.3, -0.25) is 14.5 Å². The van der Waals surface area contributed by atoms with E-state index in [0.717, 1.165) is 11.3 Å². The average Bonchev–Trinajstić information content (AvgIpc) is 3.05. The molecular weight excluding hydrogens is 354 g/mol. The predicted octanol–water partition coefficient (Wildman–Crippen LogP) is 2.87. The van der Waals surface area contributed by atoms with Gasteiger partial charge in [0.2, 0.25) is 5.91 Å². The lowest BCUT2D eigenvalue weighted by atomic mass is 10.1. The molecule has 1 aliphatic heterocycles. The summed E-state index contributed by atoms with van der Waals surface area (Å²) in [7, 11) is 1.85. The van der Waals surface area contributed by atoms with E-state index in [2.05, 4.69) is 4.90 Å². The molecule has 1 aromatic heterocycles. The summed E-state index contributed by atoms with van der Waals surface area (Å²) in [4.78, 5) is 31.1. The zero-order valence-electron chi connectivity index (χ0n) is 17.1. The number of carbonyl (C=O) groups excluding carboxylic acids is 2. The van der Waals surface area contributed by atoms with Crippen molar-refractivity contribution in [3.05, 3.63) is 59.0 Å². The van der Waals surface area contributed by atoms with E-state index in [1.807, 2.05) is 63.1 Å². The summed E-state index contributed by atoms with van der Waals surface area (Å²) in [6.45, 7) is 8.71. The first-order valence-electron chi connectivity index (χ1n) is 9.76. The van der Waals surface area contributed by atoms with Crippen LogP contribution in [0.25, 0.3) is 0 Å². The number of amides is 2. The monoisotopic (exact) mass is 383 g/mol. The Bertz CT molecular complexity index is 823. The molecule has 1 fully saturated rings. The standard InChI is InChI=1S/C22H29N3O3/c1-16-14-20(18(3)28-16)22(27)25-12-10-24(11-13-25)15-21(26)23(4)17(2)19-8-6-5-7-9-19/h5-9,14,17H,10-13,15H2,1-4H3. The lowest BCUT2D eigenvalue weighted by Gasteiger charge is -2.35. The molecule has 6 heteroatoms. The van der Waals surface area contributed by atoms with Gasteiger partial charge in [-0.15, -0.1) is 0 Å². The van der Waals surface area contributed by atoms with Crippen LogP contribution in [0.4, 0.5) is 0 Å². The maximum Gasteiger partial charge on any atom is 0.257 e. The van der Waals surface area contributed by atoms with Gasteiger partial charge >= 0.3 is 0 Å². The molecule has 0 radical (unpaired) electrons. The maximum absolute atomic E-state index is 12.7. The molecule has 1 saturated heterocycles. The minimum Gasteiger partial charge on any atom is -0.466 e. The Kier molecular flexibility index (Phi) is 6.19. The topological polar surface area (TPSA) is 57.0 Å². The maximum atomic E-state index is 12.7. The minimum atomic E-state index is 0.00939. The van der Waals surface area contributed by atoms with E-state index < -0.39 is 0 Å². The molecule has 2 amide bonds. The Morgan fingerprint density at radius 2 is 1.75 bits per heavy atom. The van der Waals surface area contributed by atoms with Crippen LogP contribution in [0, 0.1) is 13.8 Å². The van der Waals surface area contributed by atoms with Crippen LogP contribution < -0.4 is 0 Å². The first kappa shape index (κ1) is 20.1. The number of aryl methyl sites for hydroxylation is 2. The number of piperazine rings is 1. The number of hydrogen-bond acceptors (Lipinski definition) is 4. The van der Waals surface area contributed by atoms with Crippen LogP contribution >= 0.6 is 0 Å². The number of carbonyl (C=O) groups is 2. The largest absolute Gasteiger partial charge is 0.466 e. The zero-order chi connectivity index (χ0) is 20.3. The van der Waals surface area contributed by atoms with E-state index in [1.165, 1.54) is 0 Å². The van der Waals surface area contributed by atoms with Crippen molar-refractivity contribution in [2.75, 3.05) is 39.8 Å². The van der Waals surface area contributed by atoms with Crippen LogP contribution in [0.3, 0.4) is 0 Å². The van der Waals surface area contributed by atoms with Crippen molar-refractivity contribution in [2.45, 2.75) is 26.8 Å². The molecule has 0 bridgehead atoms. The Labute approximate surface area is 166 Å². The highest BCUT2D eigenvalue weighted by Gasteiger charge is 2.27. The van der Waals surface area contributed by atoms with Crippen molar-refractivity contribution in [3.8, 4) is 0 Å². The molecule has 0 aliphatic carbocycles. The normalized spacial score (nSPS) is 16.1. The second kappa shape index (κ2) is 8.61.